The Morgan fingerprint density at radius 1 is 0.912 bits per heavy atom. The molecule has 3 aromatic rings. The van der Waals surface area contributed by atoms with Gasteiger partial charge in [0.2, 0.25) is 11.8 Å². The summed E-state index contributed by atoms with van der Waals surface area (Å²) in [5, 5.41) is 5.55. The zero-order valence-corrected chi connectivity index (χ0v) is 18.5. The van der Waals surface area contributed by atoms with E-state index in [4.69, 9.17) is 5.73 Å². The molecule has 1 fully saturated rings. The van der Waals surface area contributed by atoms with Crippen molar-refractivity contribution < 1.29 is 18.8 Å². The minimum atomic E-state index is -0.361. The Hall–Kier alpha value is -4.20. The number of rotatable bonds is 6. The minimum Gasteiger partial charge on any atom is -0.397 e. The van der Waals surface area contributed by atoms with Crippen molar-refractivity contribution in [2.75, 3.05) is 29.5 Å². The number of nitrogens with one attached hydrogen (secondary N) is 2. The molecule has 0 unspecified atom stereocenters. The lowest BCUT2D eigenvalue weighted by Gasteiger charge is -2.25. The fourth-order valence-electron chi connectivity index (χ4n) is 3.79. The molecule has 4 rings (SSSR count). The molecule has 0 spiro atoms. The predicted molar refractivity (Wildman–Crippen MR) is 130 cm³/mol. The van der Waals surface area contributed by atoms with Crippen LogP contribution in [0.2, 0.25) is 0 Å². The molecule has 3 aromatic carbocycles. The van der Waals surface area contributed by atoms with Crippen LogP contribution in [0.1, 0.15) is 29.6 Å². The first kappa shape index (κ1) is 23.0. The maximum absolute atomic E-state index is 13.2. The van der Waals surface area contributed by atoms with E-state index in [1.54, 1.807) is 59.5 Å². The first-order valence-electron chi connectivity index (χ1n) is 11.0. The summed E-state index contributed by atoms with van der Waals surface area (Å²) in [4.78, 5) is 38.4. The van der Waals surface area contributed by atoms with Crippen LogP contribution in [0.4, 0.5) is 21.5 Å². The summed E-state index contributed by atoms with van der Waals surface area (Å²) in [6.45, 7) is 0.613. The Morgan fingerprint density at radius 2 is 1.62 bits per heavy atom. The van der Waals surface area contributed by atoms with Crippen molar-refractivity contribution in [3.8, 4) is 11.1 Å². The monoisotopic (exact) mass is 460 g/mol. The molecule has 1 saturated heterocycles. The number of benzene rings is 3. The van der Waals surface area contributed by atoms with Gasteiger partial charge in [-0.2, -0.15) is 0 Å². The SMILES string of the molecule is Nc1ccc(-c2ccc(F)cc2)cc1NC(=O)c1ccc(NC(=O)CN2CCCCC2=O)cc1. The molecule has 0 bridgehead atoms. The zero-order valence-electron chi connectivity index (χ0n) is 18.5. The number of anilines is 3. The zero-order chi connectivity index (χ0) is 24.1. The van der Waals surface area contributed by atoms with Crippen molar-refractivity contribution in [1.29, 1.82) is 0 Å². The molecule has 3 amide bonds. The lowest BCUT2D eigenvalue weighted by molar-refractivity contribution is -0.136. The number of hydrogen-bond acceptors (Lipinski definition) is 4. The Labute approximate surface area is 196 Å². The Bertz CT molecular complexity index is 1210. The summed E-state index contributed by atoms with van der Waals surface area (Å²) in [7, 11) is 0. The van der Waals surface area contributed by atoms with Gasteiger partial charge in [0.25, 0.3) is 5.91 Å². The van der Waals surface area contributed by atoms with Crippen molar-refractivity contribution in [3.05, 3.63) is 78.1 Å². The van der Waals surface area contributed by atoms with E-state index in [2.05, 4.69) is 10.6 Å². The van der Waals surface area contributed by atoms with Gasteiger partial charge in [-0.3, -0.25) is 14.4 Å². The molecule has 0 saturated carbocycles. The summed E-state index contributed by atoms with van der Waals surface area (Å²) in [6, 6.07) is 17.7. The van der Waals surface area contributed by atoms with Gasteiger partial charge in [0.15, 0.2) is 0 Å². The summed E-state index contributed by atoms with van der Waals surface area (Å²) < 4.78 is 13.2. The number of carbonyl (C=O) groups excluding carboxylic acids is 3. The molecule has 174 valence electrons. The minimum absolute atomic E-state index is 0.00353. The topological polar surface area (TPSA) is 105 Å². The lowest BCUT2D eigenvalue weighted by atomic mass is 10.0. The second-order valence-electron chi connectivity index (χ2n) is 8.16. The third kappa shape index (κ3) is 5.58. The van der Waals surface area contributed by atoms with Gasteiger partial charge in [0.1, 0.15) is 5.82 Å². The number of amides is 3. The van der Waals surface area contributed by atoms with Crippen molar-refractivity contribution >= 4 is 34.8 Å². The van der Waals surface area contributed by atoms with E-state index in [0.717, 1.165) is 24.0 Å². The molecular weight excluding hydrogens is 435 g/mol. The molecule has 8 heteroatoms. The second kappa shape index (κ2) is 10.2. The standard InChI is InChI=1S/C26H25FN4O3/c27-20-9-4-17(5-10-20)19-8-13-22(28)23(15-19)30-26(34)18-6-11-21(12-7-18)29-24(32)16-31-14-2-1-3-25(31)33/h4-13,15H,1-3,14,16,28H2,(H,29,32)(H,30,34). The van der Waals surface area contributed by atoms with E-state index in [-0.39, 0.29) is 30.1 Å². The van der Waals surface area contributed by atoms with Gasteiger partial charge in [0, 0.05) is 24.2 Å². The Balaban J connectivity index is 1.39. The highest BCUT2D eigenvalue weighted by Gasteiger charge is 2.20. The van der Waals surface area contributed by atoms with E-state index >= 15 is 0 Å². The molecular formula is C26H25FN4O3. The number of carbonyl (C=O) groups is 3. The second-order valence-corrected chi connectivity index (χ2v) is 8.16. The molecule has 0 atom stereocenters. The van der Waals surface area contributed by atoms with E-state index in [1.165, 1.54) is 12.1 Å². The van der Waals surface area contributed by atoms with Gasteiger partial charge in [-0.05, 0) is 72.5 Å². The van der Waals surface area contributed by atoms with Crippen LogP contribution in [0.3, 0.4) is 0 Å². The third-order valence-electron chi connectivity index (χ3n) is 5.67. The van der Waals surface area contributed by atoms with Gasteiger partial charge < -0.3 is 21.3 Å². The van der Waals surface area contributed by atoms with Crippen LogP contribution >= 0.6 is 0 Å². The van der Waals surface area contributed by atoms with E-state index in [9.17, 15) is 18.8 Å². The molecule has 1 aliphatic rings. The van der Waals surface area contributed by atoms with Crippen LogP contribution in [0.5, 0.6) is 0 Å². The quantitative estimate of drug-likeness (QED) is 0.478. The molecule has 34 heavy (non-hydrogen) atoms. The van der Waals surface area contributed by atoms with Crippen molar-refractivity contribution in [2.45, 2.75) is 19.3 Å². The summed E-state index contributed by atoms with van der Waals surface area (Å²) in [6.07, 6.45) is 2.25. The average Bonchev–Trinajstić information content (AvgIpc) is 2.83. The summed E-state index contributed by atoms with van der Waals surface area (Å²) >= 11 is 0. The molecule has 1 heterocycles. The van der Waals surface area contributed by atoms with Crippen molar-refractivity contribution in [2.24, 2.45) is 0 Å². The molecule has 0 aromatic heterocycles. The highest BCUT2D eigenvalue weighted by Crippen LogP contribution is 2.28. The van der Waals surface area contributed by atoms with E-state index < -0.39 is 0 Å². The lowest BCUT2D eigenvalue weighted by Crippen LogP contribution is -2.40. The molecule has 0 aliphatic carbocycles. The van der Waals surface area contributed by atoms with Crippen LogP contribution in [0.25, 0.3) is 11.1 Å². The number of nitrogens with two attached hydrogens (primary N) is 1. The smallest absolute Gasteiger partial charge is 0.255 e. The first-order chi connectivity index (χ1) is 16.4. The van der Waals surface area contributed by atoms with Crippen LogP contribution in [-0.4, -0.2) is 35.7 Å². The molecule has 7 nitrogen and oxygen atoms in total. The fraction of sp³-hybridized carbons (Fsp3) is 0.192. The molecule has 4 N–H and O–H groups in total. The van der Waals surface area contributed by atoms with E-state index in [0.29, 0.717) is 35.6 Å². The highest BCUT2D eigenvalue weighted by molar-refractivity contribution is 6.06. The normalized spacial score (nSPS) is 13.4. The largest absolute Gasteiger partial charge is 0.397 e. The summed E-state index contributed by atoms with van der Waals surface area (Å²) in [5.74, 6) is -0.971. The van der Waals surface area contributed by atoms with Gasteiger partial charge in [-0.1, -0.05) is 18.2 Å². The predicted octanol–water partition coefficient (Wildman–Crippen LogP) is 4.28. The van der Waals surface area contributed by atoms with Crippen molar-refractivity contribution in [1.82, 2.24) is 4.90 Å². The number of halogens is 1. The molecule has 1 aliphatic heterocycles. The summed E-state index contributed by atoms with van der Waals surface area (Å²) in [5.41, 5.74) is 9.37. The number of likely N-dealkylation sites (tertiary alicyclic amines) is 1. The van der Waals surface area contributed by atoms with Gasteiger partial charge in [-0.15, -0.1) is 0 Å². The van der Waals surface area contributed by atoms with Gasteiger partial charge in [-0.25, -0.2) is 4.39 Å². The number of hydrogen-bond donors (Lipinski definition) is 3. The number of nitrogen functional groups attached to an aromatic ring is 1. The number of piperidine rings is 1. The molecule has 0 radical (unpaired) electrons. The third-order valence-corrected chi connectivity index (χ3v) is 5.67. The van der Waals surface area contributed by atoms with Crippen LogP contribution in [0, 0.1) is 5.82 Å². The number of nitrogens with zero attached hydrogens (tertiary/aromatic N) is 1. The first-order valence-corrected chi connectivity index (χ1v) is 11.0. The Kier molecular flexibility index (Phi) is 6.87. The maximum atomic E-state index is 13.2. The van der Waals surface area contributed by atoms with Crippen molar-refractivity contribution in [3.63, 3.8) is 0 Å². The van der Waals surface area contributed by atoms with Crippen LogP contribution in [0.15, 0.2) is 66.7 Å². The fourth-order valence-corrected chi connectivity index (χ4v) is 3.79. The van der Waals surface area contributed by atoms with Crippen LogP contribution in [-0.2, 0) is 9.59 Å². The average molecular weight is 461 g/mol. The highest BCUT2D eigenvalue weighted by atomic mass is 19.1. The van der Waals surface area contributed by atoms with Crippen LogP contribution < -0.4 is 16.4 Å². The maximum Gasteiger partial charge on any atom is 0.255 e. The van der Waals surface area contributed by atoms with Gasteiger partial charge in [0.05, 0.1) is 17.9 Å². The van der Waals surface area contributed by atoms with Gasteiger partial charge >= 0.3 is 0 Å². The van der Waals surface area contributed by atoms with E-state index in [1.807, 2.05) is 0 Å². The Morgan fingerprint density at radius 3 is 2.32 bits per heavy atom.